The van der Waals surface area contributed by atoms with Crippen LogP contribution in [0.1, 0.15) is 44.6 Å². The number of amides is 1. The van der Waals surface area contributed by atoms with Crippen molar-refractivity contribution in [2.45, 2.75) is 45.6 Å². The lowest BCUT2D eigenvalue weighted by atomic mass is 9.83. The summed E-state index contributed by atoms with van der Waals surface area (Å²) in [5.41, 5.74) is 6.35. The molecule has 6 nitrogen and oxygen atoms in total. The molecule has 0 aromatic carbocycles. The first-order chi connectivity index (χ1) is 9.80. The number of carbonyl (C=O) groups excluding carboxylic acids is 1. The van der Waals surface area contributed by atoms with Crippen molar-refractivity contribution in [3.63, 3.8) is 0 Å². The van der Waals surface area contributed by atoms with E-state index >= 15 is 0 Å². The summed E-state index contributed by atoms with van der Waals surface area (Å²) >= 11 is 0. The smallest absolute Gasteiger partial charge is 0.410 e. The highest BCUT2D eigenvalue weighted by Crippen LogP contribution is 2.32. The topological polar surface area (TPSA) is 81.6 Å². The number of ether oxygens (including phenoxy) is 1. The number of hydrogen-bond donors (Lipinski definition) is 1. The van der Waals surface area contributed by atoms with Gasteiger partial charge >= 0.3 is 6.09 Å². The van der Waals surface area contributed by atoms with Gasteiger partial charge in [0.15, 0.2) is 0 Å². The highest BCUT2D eigenvalue weighted by molar-refractivity contribution is 5.68. The van der Waals surface area contributed by atoms with Gasteiger partial charge in [-0.25, -0.2) is 4.79 Å². The van der Waals surface area contributed by atoms with Crippen LogP contribution in [0.15, 0.2) is 10.6 Å². The lowest BCUT2D eigenvalue weighted by Gasteiger charge is -2.37. The fraction of sp³-hybridized carbons (Fsp3) is 0.733. The zero-order valence-electron chi connectivity index (χ0n) is 13.3. The van der Waals surface area contributed by atoms with E-state index < -0.39 is 5.60 Å². The first kappa shape index (κ1) is 15.8. The van der Waals surface area contributed by atoms with E-state index in [9.17, 15) is 4.79 Å². The highest BCUT2D eigenvalue weighted by atomic mass is 16.6. The van der Waals surface area contributed by atoms with Gasteiger partial charge in [-0.05, 0) is 46.6 Å². The molecule has 1 amide bonds. The first-order valence-corrected chi connectivity index (χ1v) is 7.41. The van der Waals surface area contributed by atoms with Gasteiger partial charge in [0.2, 0.25) is 0 Å². The standard InChI is InChI=1S/C15H25N3O3/c1-10-7-13(17-21-10)12-5-6-18(9-11(12)8-16)14(19)20-15(2,3)4/h7,11-12H,5-6,8-9,16H2,1-4H3. The lowest BCUT2D eigenvalue weighted by molar-refractivity contribution is 0.0147. The van der Waals surface area contributed by atoms with Crippen molar-refractivity contribution in [1.82, 2.24) is 10.1 Å². The molecule has 1 aromatic rings. The number of aromatic nitrogens is 1. The molecule has 0 saturated carbocycles. The van der Waals surface area contributed by atoms with Crippen LogP contribution in [-0.2, 0) is 4.74 Å². The average molecular weight is 295 g/mol. The van der Waals surface area contributed by atoms with Gasteiger partial charge in [-0.3, -0.25) is 0 Å². The van der Waals surface area contributed by atoms with E-state index in [1.807, 2.05) is 33.8 Å². The Kier molecular flexibility index (Phi) is 4.56. The SMILES string of the molecule is Cc1cc(C2CCN(C(=O)OC(C)(C)C)CC2CN)no1. The van der Waals surface area contributed by atoms with Gasteiger partial charge in [0.05, 0.1) is 5.69 Å². The normalized spacial score (nSPS) is 23.2. The van der Waals surface area contributed by atoms with Crippen LogP contribution >= 0.6 is 0 Å². The molecule has 0 aliphatic carbocycles. The molecule has 1 fully saturated rings. The molecule has 6 heteroatoms. The maximum Gasteiger partial charge on any atom is 0.410 e. The van der Waals surface area contributed by atoms with Crippen LogP contribution in [0.5, 0.6) is 0 Å². The largest absolute Gasteiger partial charge is 0.444 e. The van der Waals surface area contributed by atoms with Crippen molar-refractivity contribution in [3.8, 4) is 0 Å². The molecule has 21 heavy (non-hydrogen) atoms. The molecule has 2 heterocycles. The van der Waals surface area contributed by atoms with Gasteiger partial charge in [-0.2, -0.15) is 0 Å². The van der Waals surface area contributed by atoms with Gasteiger partial charge in [-0.1, -0.05) is 5.16 Å². The quantitative estimate of drug-likeness (QED) is 0.905. The first-order valence-electron chi connectivity index (χ1n) is 7.41. The molecule has 2 unspecified atom stereocenters. The number of aryl methyl sites for hydroxylation is 1. The molecule has 1 aliphatic heterocycles. The second-order valence-electron chi connectivity index (χ2n) is 6.68. The van der Waals surface area contributed by atoms with Crippen LogP contribution in [0.4, 0.5) is 4.79 Å². The summed E-state index contributed by atoms with van der Waals surface area (Å²) in [6, 6.07) is 1.95. The maximum atomic E-state index is 12.2. The van der Waals surface area contributed by atoms with E-state index in [0.29, 0.717) is 19.6 Å². The number of piperidine rings is 1. The lowest BCUT2D eigenvalue weighted by Crippen LogP contribution is -2.47. The predicted octanol–water partition coefficient (Wildman–Crippen LogP) is 2.28. The molecule has 0 radical (unpaired) electrons. The van der Waals surface area contributed by atoms with Crippen molar-refractivity contribution >= 4 is 6.09 Å². The Morgan fingerprint density at radius 2 is 2.29 bits per heavy atom. The Morgan fingerprint density at radius 1 is 1.57 bits per heavy atom. The Labute approximate surface area is 125 Å². The molecule has 2 atom stereocenters. The summed E-state index contributed by atoms with van der Waals surface area (Å²) in [6.07, 6.45) is 0.559. The summed E-state index contributed by atoms with van der Waals surface area (Å²) in [5.74, 6) is 1.22. The minimum absolute atomic E-state index is 0.177. The Morgan fingerprint density at radius 3 is 2.81 bits per heavy atom. The summed E-state index contributed by atoms with van der Waals surface area (Å²) in [4.78, 5) is 13.9. The zero-order valence-corrected chi connectivity index (χ0v) is 13.3. The summed E-state index contributed by atoms with van der Waals surface area (Å²) in [6.45, 7) is 9.26. The van der Waals surface area contributed by atoms with Crippen LogP contribution in [0.2, 0.25) is 0 Å². The molecule has 118 valence electrons. The molecular weight excluding hydrogens is 270 g/mol. The van der Waals surface area contributed by atoms with E-state index in [1.54, 1.807) is 4.90 Å². The van der Waals surface area contributed by atoms with Gasteiger partial charge in [-0.15, -0.1) is 0 Å². The fourth-order valence-electron chi connectivity index (χ4n) is 2.71. The number of nitrogens with two attached hydrogens (primary N) is 1. The van der Waals surface area contributed by atoms with E-state index in [4.69, 9.17) is 15.0 Å². The van der Waals surface area contributed by atoms with E-state index in [0.717, 1.165) is 17.9 Å². The molecule has 1 aromatic heterocycles. The highest BCUT2D eigenvalue weighted by Gasteiger charge is 2.34. The molecule has 0 bridgehead atoms. The van der Waals surface area contributed by atoms with Crippen LogP contribution in [0.3, 0.4) is 0 Å². The third-order valence-corrected chi connectivity index (χ3v) is 3.71. The van der Waals surface area contributed by atoms with Crippen molar-refractivity contribution in [3.05, 3.63) is 17.5 Å². The number of hydrogen-bond acceptors (Lipinski definition) is 5. The second kappa shape index (κ2) is 6.05. The average Bonchev–Trinajstić information content (AvgIpc) is 2.82. The van der Waals surface area contributed by atoms with Crippen LogP contribution < -0.4 is 5.73 Å². The van der Waals surface area contributed by atoms with E-state index in [-0.39, 0.29) is 17.9 Å². The van der Waals surface area contributed by atoms with Crippen molar-refractivity contribution in [2.24, 2.45) is 11.7 Å². The minimum Gasteiger partial charge on any atom is -0.444 e. The molecular formula is C15H25N3O3. The second-order valence-corrected chi connectivity index (χ2v) is 6.68. The zero-order chi connectivity index (χ0) is 15.6. The van der Waals surface area contributed by atoms with Crippen LogP contribution in [-0.4, -0.2) is 41.4 Å². The van der Waals surface area contributed by atoms with E-state index in [2.05, 4.69) is 5.16 Å². The summed E-state index contributed by atoms with van der Waals surface area (Å²) in [5, 5.41) is 4.10. The third-order valence-electron chi connectivity index (χ3n) is 3.71. The Hall–Kier alpha value is -1.56. The molecule has 1 saturated heterocycles. The monoisotopic (exact) mass is 295 g/mol. The fourth-order valence-corrected chi connectivity index (χ4v) is 2.71. The summed E-state index contributed by atoms with van der Waals surface area (Å²) in [7, 11) is 0. The van der Waals surface area contributed by atoms with Crippen molar-refractivity contribution in [1.29, 1.82) is 0 Å². The number of rotatable bonds is 2. The number of carbonyl (C=O) groups is 1. The van der Waals surface area contributed by atoms with Crippen LogP contribution in [0, 0.1) is 12.8 Å². The number of nitrogens with zero attached hydrogens (tertiary/aromatic N) is 2. The Balaban J connectivity index is 2.03. The minimum atomic E-state index is -0.477. The third kappa shape index (κ3) is 3.97. The van der Waals surface area contributed by atoms with Gasteiger partial charge in [0.1, 0.15) is 11.4 Å². The van der Waals surface area contributed by atoms with Crippen LogP contribution in [0.25, 0.3) is 0 Å². The molecule has 0 spiro atoms. The Bertz CT molecular complexity index is 493. The van der Waals surface area contributed by atoms with Crippen molar-refractivity contribution in [2.75, 3.05) is 19.6 Å². The van der Waals surface area contributed by atoms with Gasteiger partial charge in [0, 0.05) is 25.1 Å². The van der Waals surface area contributed by atoms with E-state index in [1.165, 1.54) is 0 Å². The predicted molar refractivity (Wildman–Crippen MR) is 78.9 cm³/mol. The van der Waals surface area contributed by atoms with Crippen molar-refractivity contribution < 1.29 is 14.1 Å². The maximum absolute atomic E-state index is 12.2. The number of likely N-dealkylation sites (tertiary alicyclic amines) is 1. The molecule has 2 rings (SSSR count). The molecule has 1 aliphatic rings. The van der Waals surface area contributed by atoms with Gasteiger partial charge in [0.25, 0.3) is 0 Å². The summed E-state index contributed by atoms with van der Waals surface area (Å²) < 4.78 is 10.6. The molecule has 2 N–H and O–H groups in total. The van der Waals surface area contributed by atoms with Gasteiger partial charge < -0.3 is 19.9 Å².